The summed E-state index contributed by atoms with van der Waals surface area (Å²) in [5.74, 6) is 0.727. The van der Waals surface area contributed by atoms with Crippen molar-refractivity contribution in [3.8, 4) is 0 Å². The number of nitrogens with one attached hydrogen (secondary N) is 1. The molecule has 1 saturated heterocycles. The molecular weight excluding hydrogens is 242 g/mol. The summed E-state index contributed by atoms with van der Waals surface area (Å²) in [4.78, 5) is 0. The van der Waals surface area contributed by atoms with E-state index in [1.165, 1.54) is 19.3 Å². The molecule has 3 unspecified atom stereocenters. The van der Waals surface area contributed by atoms with Crippen molar-refractivity contribution in [1.82, 2.24) is 5.32 Å². The molecule has 0 aromatic carbocycles. The third-order valence-corrected chi connectivity index (χ3v) is 3.83. The van der Waals surface area contributed by atoms with Gasteiger partial charge in [-0.15, -0.1) is 0 Å². The SMILES string of the molecule is OC(CNCC1CC=CCC1)COCC1CCCO1. The maximum absolute atomic E-state index is 9.81. The van der Waals surface area contributed by atoms with Gasteiger partial charge < -0.3 is 19.9 Å². The molecule has 19 heavy (non-hydrogen) atoms. The first-order valence-corrected chi connectivity index (χ1v) is 7.57. The fourth-order valence-corrected chi connectivity index (χ4v) is 2.67. The molecule has 4 heteroatoms. The summed E-state index contributed by atoms with van der Waals surface area (Å²) in [6.45, 7) is 3.48. The minimum absolute atomic E-state index is 0.245. The normalized spacial score (nSPS) is 28.7. The van der Waals surface area contributed by atoms with Gasteiger partial charge in [0.15, 0.2) is 0 Å². The number of rotatable bonds is 8. The van der Waals surface area contributed by atoms with E-state index in [-0.39, 0.29) is 6.10 Å². The summed E-state index contributed by atoms with van der Waals surface area (Å²) in [6, 6.07) is 0. The maximum Gasteiger partial charge on any atom is 0.0897 e. The number of aliphatic hydroxyl groups excluding tert-OH is 1. The maximum atomic E-state index is 9.81. The predicted molar refractivity (Wildman–Crippen MR) is 75.2 cm³/mol. The highest BCUT2D eigenvalue weighted by molar-refractivity contribution is 4.90. The van der Waals surface area contributed by atoms with Gasteiger partial charge in [0.2, 0.25) is 0 Å². The average Bonchev–Trinajstić information content (AvgIpc) is 2.93. The molecule has 3 atom stereocenters. The summed E-state index contributed by atoms with van der Waals surface area (Å²) < 4.78 is 11.0. The van der Waals surface area contributed by atoms with Crippen LogP contribution in [0.2, 0.25) is 0 Å². The Bertz CT molecular complexity index is 264. The Morgan fingerprint density at radius 1 is 1.37 bits per heavy atom. The van der Waals surface area contributed by atoms with Crippen molar-refractivity contribution in [1.29, 1.82) is 0 Å². The van der Waals surface area contributed by atoms with Gasteiger partial charge in [0.05, 0.1) is 25.4 Å². The molecule has 0 amide bonds. The van der Waals surface area contributed by atoms with E-state index in [1.54, 1.807) is 0 Å². The van der Waals surface area contributed by atoms with Crippen LogP contribution in [0.1, 0.15) is 32.1 Å². The molecule has 1 fully saturated rings. The molecule has 0 aromatic heterocycles. The number of ether oxygens (including phenoxy) is 2. The molecule has 2 N–H and O–H groups in total. The zero-order chi connectivity index (χ0) is 13.3. The fraction of sp³-hybridized carbons (Fsp3) is 0.867. The molecule has 0 spiro atoms. The van der Waals surface area contributed by atoms with Gasteiger partial charge >= 0.3 is 0 Å². The number of hydrogen-bond donors (Lipinski definition) is 2. The third-order valence-electron chi connectivity index (χ3n) is 3.83. The van der Waals surface area contributed by atoms with Crippen LogP contribution in [0.3, 0.4) is 0 Å². The van der Waals surface area contributed by atoms with Gasteiger partial charge in [0, 0.05) is 13.2 Å². The summed E-state index contributed by atoms with van der Waals surface area (Å²) >= 11 is 0. The minimum atomic E-state index is -0.416. The van der Waals surface area contributed by atoms with Crippen LogP contribution in [-0.2, 0) is 9.47 Å². The zero-order valence-corrected chi connectivity index (χ0v) is 11.7. The standard InChI is InChI=1S/C15H27NO3/c17-14(11-18-12-15-7-4-8-19-15)10-16-9-13-5-2-1-3-6-13/h1-2,13-17H,3-12H2. The van der Waals surface area contributed by atoms with Gasteiger partial charge in [-0.25, -0.2) is 0 Å². The third kappa shape index (κ3) is 6.04. The molecule has 0 radical (unpaired) electrons. The first-order chi connectivity index (χ1) is 9.34. The smallest absolute Gasteiger partial charge is 0.0897 e. The van der Waals surface area contributed by atoms with Crippen molar-refractivity contribution in [2.45, 2.75) is 44.3 Å². The van der Waals surface area contributed by atoms with Crippen molar-refractivity contribution >= 4 is 0 Å². The van der Waals surface area contributed by atoms with E-state index in [9.17, 15) is 5.11 Å². The van der Waals surface area contributed by atoms with E-state index >= 15 is 0 Å². The Kier molecular flexibility index (Phi) is 6.85. The minimum Gasteiger partial charge on any atom is -0.389 e. The lowest BCUT2D eigenvalue weighted by molar-refractivity contribution is -0.0165. The first-order valence-electron chi connectivity index (χ1n) is 7.57. The summed E-state index contributed by atoms with van der Waals surface area (Å²) in [5, 5.41) is 13.1. The second-order valence-corrected chi connectivity index (χ2v) is 5.64. The summed E-state index contributed by atoms with van der Waals surface area (Å²) in [7, 11) is 0. The Balaban J connectivity index is 1.45. The van der Waals surface area contributed by atoms with Gasteiger partial charge in [-0.1, -0.05) is 12.2 Å². The van der Waals surface area contributed by atoms with Crippen molar-refractivity contribution < 1.29 is 14.6 Å². The highest BCUT2D eigenvalue weighted by Gasteiger charge is 2.16. The number of allylic oxidation sites excluding steroid dienone is 2. The van der Waals surface area contributed by atoms with Crippen LogP contribution in [0, 0.1) is 5.92 Å². The zero-order valence-electron chi connectivity index (χ0n) is 11.7. The van der Waals surface area contributed by atoms with Crippen LogP contribution < -0.4 is 5.32 Å². The topological polar surface area (TPSA) is 50.7 Å². The predicted octanol–water partition coefficient (Wildman–Crippen LogP) is 1.49. The van der Waals surface area contributed by atoms with Crippen molar-refractivity contribution in [2.75, 3.05) is 32.9 Å². The van der Waals surface area contributed by atoms with Crippen molar-refractivity contribution in [3.63, 3.8) is 0 Å². The van der Waals surface area contributed by atoms with E-state index in [0.29, 0.717) is 19.8 Å². The van der Waals surface area contributed by atoms with E-state index in [2.05, 4.69) is 17.5 Å². The van der Waals surface area contributed by atoms with Gasteiger partial charge in [0.1, 0.15) is 0 Å². The Hall–Kier alpha value is -0.420. The lowest BCUT2D eigenvalue weighted by Crippen LogP contribution is -2.34. The second kappa shape index (κ2) is 8.69. The molecule has 2 aliphatic rings. The fourth-order valence-electron chi connectivity index (χ4n) is 2.67. The van der Waals surface area contributed by atoms with Crippen LogP contribution in [0.4, 0.5) is 0 Å². The Labute approximate surface area is 116 Å². The molecule has 4 nitrogen and oxygen atoms in total. The van der Waals surface area contributed by atoms with Gasteiger partial charge in [0.25, 0.3) is 0 Å². The lowest BCUT2D eigenvalue weighted by Gasteiger charge is -2.20. The lowest BCUT2D eigenvalue weighted by atomic mass is 9.94. The summed E-state index contributed by atoms with van der Waals surface area (Å²) in [6.07, 6.45) is 10.2. The monoisotopic (exact) mass is 269 g/mol. The van der Waals surface area contributed by atoms with Crippen molar-refractivity contribution in [3.05, 3.63) is 12.2 Å². The van der Waals surface area contributed by atoms with E-state index in [1.807, 2.05) is 0 Å². The number of hydrogen-bond acceptors (Lipinski definition) is 4. The van der Waals surface area contributed by atoms with E-state index < -0.39 is 6.10 Å². The van der Waals surface area contributed by atoms with E-state index in [0.717, 1.165) is 31.9 Å². The van der Waals surface area contributed by atoms with Crippen LogP contribution in [0.15, 0.2) is 12.2 Å². The Morgan fingerprint density at radius 3 is 3.05 bits per heavy atom. The van der Waals surface area contributed by atoms with Crippen molar-refractivity contribution in [2.24, 2.45) is 5.92 Å². The van der Waals surface area contributed by atoms with Gasteiger partial charge in [-0.05, 0) is 44.6 Å². The molecule has 1 heterocycles. The highest BCUT2D eigenvalue weighted by Crippen LogP contribution is 2.16. The van der Waals surface area contributed by atoms with Crippen LogP contribution >= 0.6 is 0 Å². The molecule has 110 valence electrons. The molecular formula is C15H27NO3. The molecule has 1 aliphatic heterocycles. The largest absolute Gasteiger partial charge is 0.389 e. The second-order valence-electron chi connectivity index (χ2n) is 5.64. The van der Waals surface area contributed by atoms with E-state index in [4.69, 9.17) is 9.47 Å². The number of aliphatic hydroxyl groups is 1. The molecule has 2 rings (SSSR count). The summed E-state index contributed by atoms with van der Waals surface area (Å²) in [5.41, 5.74) is 0. The van der Waals surface area contributed by atoms with Crippen LogP contribution in [0.5, 0.6) is 0 Å². The van der Waals surface area contributed by atoms with Crippen LogP contribution in [-0.4, -0.2) is 50.2 Å². The molecule has 0 saturated carbocycles. The van der Waals surface area contributed by atoms with Gasteiger partial charge in [-0.3, -0.25) is 0 Å². The first kappa shape index (κ1) is 15.0. The average molecular weight is 269 g/mol. The molecule has 0 aromatic rings. The molecule has 0 bridgehead atoms. The highest BCUT2D eigenvalue weighted by atomic mass is 16.5. The Morgan fingerprint density at radius 2 is 2.32 bits per heavy atom. The van der Waals surface area contributed by atoms with Gasteiger partial charge in [-0.2, -0.15) is 0 Å². The molecule has 1 aliphatic carbocycles. The van der Waals surface area contributed by atoms with Crippen LogP contribution in [0.25, 0.3) is 0 Å². The quantitative estimate of drug-likeness (QED) is 0.656.